The van der Waals surface area contributed by atoms with Gasteiger partial charge in [-0.25, -0.2) is 4.79 Å². The zero-order valence-electron chi connectivity index (χ0n) is 15.5. The Labute approximate surface area is 151 Å². The number of benzene rings is 1. The fourth-order valence-electron chi connectivity index (χ4n) is 3.85. The van der Waals surface area contributed by atoms with Gasteiger partial charge in [-0.15, -0.1) is 0 Å². The number of rotatable bonds is 4. The van der Waals surface area contributed by atoms with Crippen LogP contribution in [0.4, 0.5) is 10.5 Å². The van der Waals surface area contributed by atoms with E-state index in [1.807, 2.05) is 29.2 Å². The maximum Gasteiger partial charge on any atom is 0.321 e. The van der Waals surface area contributed by atoms with Gasteiger partial charge in [-0.1, -0.05) is 12.1 Å². The lowest BCUT2D eigenvalue weighted by Crippen LogP contribution is -2.36. The minimum absolute atomic E-state index is 0.0121. The lowest BCUT2D eigenvalue weighted by Gasteiger charge is -2.24. The van der Waals surface area contributed by atoms with Crippen LogP contribution in [0, 0.1) is 0 Å². The minimum Gasteiger partial charge on any atom is -0.488 e. The minimum atomic E-state index is -0.0121. The summed E-state index contributed by atoms with van der Waals surface area (Å²) >= 11 is 0. The first-order valence-electron chi connectivity index (χ1n) is 9.61. The molecule has 1 heterocycles. The van der Waals surface area contributed by atoms with Crippen LogP contribution < -0.4 is 10.1 Å². The average molecular weight is 345 g/mol. The van der Waals surface area contributed by atoms with Gasteiger partial charge in [0.05, 0.1) is 11.8 Å². The molecule has 2 amide bonds. The SMILES string of the molecule is CN(C)[C@@H]1CCCN(C(=O)Nc2ccccc2OC2CCCC2)CC1. The highest BCUT2D eigenvalue weighted by molar-refractivity contribution is 5.91. The fourth-order valence-corrected chi connectivity index (χ4v) is 3.85. The molecule has 3 rings (SSSR count). The van der Waals surface area contributed by atoms with E-state index in [0.717, 1.165) is 56.6 Å². The molecule has 0 radical (unpaired) electrons. The van der Waals surface area contributed by atoms with Crippen molar-refractivity contribution in [2.45, 2.75) is 57.1 Å². The molecule has 1 aliphatic heterocycles. The predicted octanol–water partition coefficient (Wildman–Crippen LogP) is 3.96. The van der Waals surface area contributed by atoms with E-state index < -0.39 is 0 Å². The number of likely N-dealkylation sites (tertiary alicyclic amines) is 1. The van der Waals surface area contributed by atoms with Crippen LogP contribution in [0.3, 0.4) is 0 Å². The number of hydrogen-bond donors (Lipinski definition) is 1. The highest BCUT2D eigenvalue weighted by Gasteiger charge is 2.23. The molecule has 0 aromatic heterocycles. The fraction of sp³-hybridized carbons (Fsp3) is 0.650. The van der Waals surface area contributed by atoms with Crippen molar-refractivity contribution < 1.29 is 9.53 Å². The molecule has 1 saturated heterocycles. The summed E-state index contributed by atoms with van der Waals surface area (Å²) < 4.78 is 6.13. The van der Waals surface area contributed by atoms with E-state index in [1.165, 1.54) is 12.8 Å². The zero-order chi connectivity index (χ0) is 17.6. The van der Waals surface area contributed by atoms with Crippen LogP contribution in [0.25, 0.3) is 0 Å². The third-order valence-electron chi connectivity index (χ3n) is 5.44. The highest BCUT2D eigenvalue weighted by atomic mass is 16.5. The average Bonchev–Trinajstić information content (AvgIpc) is 2.97. The standard InChI is InChI=1S/C20H31N3O2/c1-22(2)16-8-7-14-23(15-13-16)20(24)21-18-11-5-6-12-19(18)25-17-9-3-4-10-17/h5-6,11-12,16-17H,3-4,7-10,13-15H2,1-2H3,(H,21,24)/t16-/m1/s1. The first kappa shape index (κ1) is 18.1. The molecule has 1 saturated carbocycles. The molecule has 138 valence electrons. The summed E-state index contributed by atoms with van der Waals surface area (Å²) in [4.78, 5) is 16.9. The molecule has 5 nitrogen and oxygen atoms in total. The van der Waals surface area contributed by atoms with Gasteiger partial charge in [-0.3, -0.25) is 0 Å². The molecule has 0 bridgehead atoms. The highest BCUT2D eigenvalue weighted by Crippen LogP contribution is 2.30. The van der Waals surface area contributed by atoms with Crippen molar-refractivity contribution in [3.05, 3.63) is 24.3 Å². The Morgan fingerprint density at radius 3 is 2.60 bits per heavy atom. The molecular weight excluding hydrogens is 314 g/mol. The Kier molecular flexibility index (Phi) is 6.19. The summed E-state index contributed by atoms with van der Waals surface area (Å²) in [6, 6.07) is 8.36. The van der Waals surface area contributed by atoms with Gasteiger partial charge >= 0.3 is 6.03 Å². The number of urea groups is 1. The van der Waals surface area contributed by atoms with E-state index in [2.05, 4.69) is 24.3 Å². The number of hydrogen-bond acceptors (Lipinski definition) is 3. The Morgan fingerprint density at radius 2 is 1.84 bits per heavy atom. The number of nitrogens with one attached hydrogen (secondary N) is 1. The van der Waals surface area contributed by atoms with Crippen molar-refractivity contribution in [3.8, 4) is 5.75 Å². The predicted molar refractivity (Wildman–Crippen MR) is 101 cm³/mol. The summed E-state index contributed by atoms with van der Waals surface area (Å²) in [5.41, 5.74) is 0.785. The maximum absolute atomic E-state index is 12.7. The summed E-state index contributed by atoms with van der Waals surface area (Å²) in [6.45, 7) is 1.63. The Hall–Kier alpha value is -1.75. The van der Waals surface area contributed by atoms with Crippen LogP contribution in [0.5, 0.6) is 5.75 Å². The normalized spacial score (nSPS) is 22.0. The molecule has 5 heteroatoms. The molecule has 1 aliphatic carbocycles. The van der Waals surface area contributed by atoms with Gasteiger partial charge in [0.15, 0.2) is 0 Å². The molecule has 0 spiro atoms. The first-order valence-corrected chi connectivity index (χ1v) is 9.61. The molecule has 2 fully saturated rings. The van der Waals surface area contributed by atoms with Crippen molar-refractivity contribution in [1.29, 1.82) is 0 Å². The summed E-state index contributed by atoms with van der Waals surface area (Å²) in [5.74, 6) is 0.795. The molecule has 1 aromatic carbocycles. The Balaban J connectivity index is 1.60. The summed E-state index contributed by atoms with van der Waals surface area (Å²) in [7, 11) is 4.24. The van der Waals surface area contributed by atoms with Gasteiger partial charge in [0.2, 0.25) is 0 Å². The van der Waals surface area contributed by atoms with Crippen LogP contribution in [-0.2, 0) is 0 Å². The van der Waals surface area contributed by atoms with Crippen molar-refractivity contribution in [1.82, 2.24) is 9.80 Å². The van der Waals surface area contributed by atoms with E-state index in [9.17, 15) is 4.79 Å². The number of anilines is 1. The Bertz CT molecular complexity index is 570. The molecule has 1 aromatic rings. The molecule has 1 atom stereocenters. The lowest BCUT2D eigenvalue weighted by molar-refractivity contribution is 0.206. The second kappa shape index (κ2) is 8.56. The zero-order valence-corrected chi connectivity index (χ0v) is 15.5. The number of ether oxygens (including phenoxy) is 1. The summed E-state index contributed by atoms with van der Waals surface area (Å²) in [6.07, 6.45) is 8.22. The second-order valence-corrected chi connectivity index (χ2v) is 7.49. The number of para-hydroxylation sites is 2. The van der Waals surface area contributed by atoms with Crippen LogP contribution >= 0.6 is 0 Å². The molecule has 2 aliphatic rings. The number of carbonyl (C=O) groups excluding carboxylic acids is 1. The van der Waals surface area contributed by atoms with E-state index >= 15 is 0 Å². The molecule has 0 unspecified atom stereocenters. The Morgan fingerprint density at radius 1 is 1.08 bits per heavy atom. The number of carbonyl (C=O) groups is 1. The third-order valence-corrected chi connectivity index (χ3v) is 5.44. The largest absolute Gasteiger partial charge is 0.488 e. The monoisotopic (exact) mass is 345 g/mol. The van der Waals surface area contributed by atoms with Crippen LogP contribution in [0.2, 0.25) is 0 Å². The van der Waals surface area contributed by atoms with E-state index in [-0.39, 0.29) is 12.1 Å². The number of nitrogens with zero attached hydrogens (tertiary/aromatic N) is 2. The van der Waals surface area contributed by atoms with Crippen molar-refractivity contribution in [3.63, 3.8) is 0 Å². The van der Waals surface area contributed by atoms with Gasteiger partial charge in [-0.05, 0) is 71.2 Å². The van der Waals surface area contributed by atoms with E-state index in [0.29, 0.717) is 6.04 Å². The van der Waals surface area contributed by atoms with Gasteiger partial charge in [0, 0.05) is 19.1 Å². The quantitative estimate of drug-likeness (QED) is 0.898. The number of amides is 2. The second-order valence-electron chi connectivity index (χ2n) is 7.49. The molecule has 25 heavy (non-hydrogen) atoms. The van der Waals surface area contributed by atoms with Crippen LogP contribution in [0.1, 0.15) is 44.9 Å². The summed E-state index contributed by atoms with van der Waals surface area (Å²) in [5, 5.41) is 3.07. The van der Waals surface area contributed by atoms with Gasteiger partial charge in [0.1, 0.15) is 5.75 Å². The molecular formula is C20H31N3O2. The van der Waals surface area contributed by atoms with Gasteiger partial charge < -0.3 is 19.9 Å². The maximum atomic E-state index is 12.7. The van der Waals surface area contributed by atoms with Crippen molar-refractivity contribution in [2.75, 3.05) is 32.5 Å². The first-order chi connectivity index (χ1) is 12.1. The van der Waals surface area contributed by atoms with E-state index in [1.54, 1.807) is 0 Å². The van der Waals surface area contributed by atoms with Gasteiger partial charge in [0.25, 0.3) is 0 Å². The van der Waals surface area contributed by atoms with Crippen LogP contribution in [-0.4, -0.2) is 55.2 Å². The van der Waals surface area contributed by atoms with Crippen molar-refractivity contribution in [2.24, 2.45) is 0 Å². The topological polar surface area (TPSA) is 44.8 Å². The molecule has 1 N–H and O–H groups in total. The van der Waals surface area contributed by atoms with Crippen LogP contribution in [0.15, 0.2) is 24.3 Å². The smallest absolute Gasteiger partial charge is 0.321 e. The van der Waals surface area contributed by atoms with Crippen molar-refractivity contribution >= 4 is 11.7 Å². The van der Waals surface area contributed by atoms with Gasteiger partial charge in [-0.2, -0.15) is 0 Å². The lowest BCUT2D eigenvalue weighted by atomic mass is 10.1. The third kappa shape index (κ3) is 4.88. The van der Waals surface area contributed by atoms with E-state index in [4.69, 9.17) is 4.74 Å².